The van der Waals surface area contributed by atoms with Crippen LogP contribution in [0.25, 0.3) is 0 Å². The molecule has 0 fully saturated rings. The van der Waals surface area contributed by atoms with Gasteiger partial charge in [-0.15, -0.1) is 0 Å². The van der Waals surface area contributed by atoms with E-state index in [-0.39, 0.29) is 0 Å². The van der Waals surface area contributed by atoms with Crippen LogP contribution in [0.5, 0.6) is 0 Å². The summed E-state index contributed by atoms with van der Waals surface area (Å²) in [7, 11) is 0. The number of ketones is 1. The number of Topliss-reactive ketones (excluding diaryl/α,β-unsaturated/α-hetero) is 1. The van der Waals surface area contributed by atoms with E-state index in [0.717, 1.165) is 18.4 Å². The first-order valence-corrected chi connectivity index (χ1v) is 6.83. The maximum atomic E-state index is 11.4. The fourth-order valence-electron chi connectivity index (χ4n) is 1.66. The Balaban J connectivity index is 2.58. The van der Waals surface area contributed by atoms with Crippen molar-refractivity contribution < 1.29 is 4.79 Å². The van der Waals surface area contributed by atoms with Crippen molar-refractivity contribution in [2.75, 3.05) is 0 Å². The van der Waals surface area contributed by atoms with Crippen LogP contribution in [0, 0.1) is 0 Å². The number of carbonyl (C=O) groups is 1. The summed E-state index contributed by atoms with van der Waals surface area (Å²) in [4.78, 5) is 11.4. The van der Waals surface area contributed by atoms with E-state index >= 15 is 0 Å². The normalized spacial score (nSPS) is 10.6. The Labute approximate surface area is 117 Å². The third-order valence-electron chi connectivity index (χ3n) is 2.55. The maximum Gasteiger partial charge on any atom is 0.132 e. The molecule has 17 heavy (non-hydrogen) atoms. The molecule has 4 heteroatoms. The van der Waals surface area contributed by atoms with Gasteiger partial charge in [-0.2, -0.15) is 0 Å². The number of halogens is 3. The predicted octanol–water partition coefficient (Wildman–Crippen LogP) is 5.34. The first kappa shape index (κ1) is 14.8. The van der Waals surface area contributed by atoms with Crippen molar-refractivity contribution >= 4 is 40.6 Å². The number of carbonyl (C=O) groups excluding carboxylic acids is 1. The third-order valence-corrected chi connectivity index (χ3v) is 3.75. The van der Waals surface area contributed by atoms with Crippen molar-refractivity contribution in [1.29, 1.82) is 0 Å². The van der Waals surface area contributed by atoms with Crippen LogP contribution in [-0.2, 0) is 11.2 Å². The van der Waals surface area contributed by atoms with Gasteiger partial charge in [0.15, 0.2) is 0 Å². The lowest BCUT2D eigenvalue weighted by atomic mass is 10.0. The summed E-state index contributed by atoms with van der Waals surface area (Å²) in [5.41, 5.74) is 0.838. The lowest BCUT2D eigenvalue weighted by Gasteiger charge is -2.08. The molecule has 0 aromatic heterocycles. The maximum absolute atomic E-state index is 11.4. The summed E-state index contributed by atoms with van der Waals surface area (Å²) in [5, 5.41) is 1.62. The molecule has 0 amide bonds. The summed E-state index contributed by atoms with van der Waals surface area (Å²) in [6, 6.07) is 3.41. The van der Waals surface area contributed by atoms with Crippen LogP contribution in [0.4, 0.5) is 0 Å². The highest BCUT2D eigenvalue weighted by Gasteiger charge is 2.10. The van der Waals surface area contributed by atoms with Gasteiger partial charge in [0.1, 0.15) is 5.78 Å². The standard InChI is InChI=1S/C13H15Cl3O/c1-2-4-9(17)5-3-6-10-11(14)7-8-12(15)13(10)16/h7-8H,2-6H2,1H3. The van der Waals surface area contributed by atoms with Crippen LogP contribution in [0.1, 0.15) is 38.2 Å². The van der Waals surface area contributed by atoms with Gasteiger partial charge in [0, 0.05) is 17.9 Å². The van der Waals surface area contributed by atoms with Crippen LogP contribution in [0.15, 0.2) is 12.1 Å². The Hall–Kier alpha value is -0.240. The molecule has 0 spiro atoms. The van der Waals surface area contributed by atoms with E-state index in [0.29, 0.717) is 40.1 Å². The topological polar surface area (TPSA) is 17.1 Å². The summed E-state index contributed by atoms with van der Waals surface area (Å²) >= 11 is 18.0. The summed E-state index contributed by atoms with van der Waals surface area (Å²) in [5.74, 6) is 0.293. The Morgan fingerprint density at radius 3 is 2.41 bits per heavy atom. The average molecular weight is 294 g/mol. The molecular formula is C13H15Cl3O. The number of hydrogen-bond acceptors (Lipinski definition) is 1. The molecule has 0 saturated heterocycles. The highest BCUT2D eigenvalue weighted by molar-refractivity contribution is 6.44. The monoisotopic (exact) mass is 292 g/mol. The van der Waals surface area contributed by atoms with Crippen LogP contribution in [-0.4, -0.2) is 5.78 Å². The Morgan fingerprint density at radius 2 is 1.76 bits per heavy atom. The third kappa shape index (κ3) is 4.50. The molecule has 0 heterocycles. The van der Waals surface area contributed by atoms with Gasteiger partial charge < -0.3 is 0 Å². The minimum Gasteiger partial charge on any atom is -0.300 e. The zero-order valence-corrected chi connectivity index (χ0v) is 12.0. The molecule has 0 N–H and O–H groups in total. The predicted molar refractivity (Wildman–Crippen MR) is 74.3 cm³/mol. The molecule has 0 aliphatic rings. The molecule has 0 atom stereocenters. The molecule has 0 unspecified atom stereocenters. The second-order valence-corrected chi connectivity index (χ2v) is 5.16. The first-order valence-electron chi connectivity index (χ1n) is 5.70. The molecule has 1 aromatic rings. The molecule has 0 bridgehead atoms. The molecular weight excluding hydrogens is 279 g/mol. The number of hydrogen-bond donors (Lipinski definition) is 0. The quantitative estimate of drug-likeness (QED) is 0.647. The lowest BCUT2D eigenvalue weighted by Crippen LogP contribution is -1.98. The molecule has 1 aromatic carbocycles. The minimum atomic E-state index is 0.293. The van der Waals surface area contributed by atoms with Gasteiger partial charge >= 0.3 is 0 Å². The van der Waals surface area contributed by atoms with Crippen molar-refractivity contribution in [3.8, 4) is 0 Å². The average Bonchev–Trinajstić information content (AvgIpc) is 2.29. The summed E-state index contributed by atoms with van der Waals surface area (Å²) in [6.45, 7) is 2.00. The van der Waals surface area contributed by atoms with E-state index in [1.807, 2.05) is 6.92 Å². The van der Waals surface area contributed by atoms with E-state index in [1.165, 1.54) is 0 Å². The van der Waals surface area contributed by atoms with Gasteiger partial charge in [0.2, 0.25) is 0 Å². The van der Waals surface area contributed by atoms with Crippen molar-refractivity contribution in [3.63, 3.8) is 0 Å². The van der Waals surface area contributed by atoms with Gasteiger partial charge in [-0.3, -0.25) is 4.79 Å². The molecule has 0 saturated carbocycles. The first-order chi connectivity index (χ1) is 8.06. The lowest BCUT2D eigenvalue weighted by molar-refractivity contribution is -0.119. The minimum absolute atomic E-state index is 0.293. The van der Waals surface area contributed by atoms with Crippen LogP contribution < -0.4 is 0 Å². The largest absolute Gasteiger partial charge is 0.300 e. The Bertz CT molecular complexity index is 402. The number of benzene rings is 1. The molecule has 0 aliphatic carbocycles. The molecule has 0 radical (unpaired) electrons. The van der Waals surface area contributed by atoms with Crippen LogP contribution >= 0.6 is 34.8 Å². The zero-order valence-electron chi connectivity index (χ0n) is 9.73. The smallest absolute Gasteiger partial charge is 0.132 e. The fraction of sp³-hybridized carbons (Fsp3) is 0.462. The van der Waals surface area contributed by atoms with Gasteiger partial charge in [0.05, 0.1) is 10.0 Å². The summed E-state index contributed by atoms with van der Waals surface area (Å²) in [6.07, 6.45) is 3.58. The van der Waals surface area contributed by atoms with Gasteiger partial charge in [-0.05, 0) is 37.0 Å². The highest BCUT2D eigenvalue weighted by Crippen LogP contribution is 2.32. The van der Waals surface area contributed by atoms with Crippen LogP contribution in [0.2, 0.25) is 15.1 Å². The molecule has 0 aliphatic heterocycles. The van der Waals surface area contributed by atoms with E-state index < -0.39 is 0 Å². The Kier molecular flexibility index (Phi) is 6.32. The van der Waals surface area contributed by atoms with E-state index in [2.05, 4.69) is 0 Å². The van der Waals surface area contributed by atoms with Crippen LogP contribution in [0.3, 0.4) is 0 Å². The van der Waals surface area contributed by atoms with E-state index in [4.69, 9.17) is 34.8 Å². The van der Waals surface area contributed by atoms with Gasteiger partial charge in [-0.25, -0.2) is 0 Å². The van der Waals surface area contributed by atoms with E-state index in [1.54, 1.807) is 12.1 Å². The second kappa shape index (κ2) is 7.25. The van der Waals surface area contributed by atoms with Crippen molar-refractivity contribution in [2.45, 2.75) is 39.0 Å². The fourth-order valence-corrected chi connectivity index (χ4v) is 2.40. The van der Waals surface area contributed by atoms with Crippen molar-refractivity contribution in [3.05, 3.63) is 32.8 Å². The van der Waals surface area contributed by atoms with Crippen molar-refractivity contribution in [2.24, 2.45) is 0 Å². The SMILES string of the molecule is CCCC(=O)CCCc1c(Cl)ccc(Cl)c1Cl. The van der Waals surface area contributed by atoms with Gasteiger partial charge in [-0.1, -0.05) is 41.7 Å². The Morgan fingerprint density at radius 1 is 1.12 bits per heavy atom. The molecule has 1 nitrogen and oxygen atoms in total. The zero-order chi connectivity index (χ0) is 12.8. The van der Waals surface area contributed by atoms with Gasteiger partial charge in [0.25, 0.3) is 0 Å². The number of rotatable bonds is 6. The molecule has 94 valence electrons. The summed E-state index contributed by atoms with van der Waals surface area (Å²) < 4.78 is 0. The molecule has 1 rings (SSSR count). The van der Waals surface area contributed by atoms with E-state index in [9.17, 15) is 4.79 Å². The van der Waals surface area contributed by atoms with Crippen molar-refractivity contribution in [1.82, 2.24) is 0 Å². The highest BCUT2D eigenvalue weighted by atomic mass is 35.5. The second-order valence-electron chi connectivity index (χ2n) is 3.96.